The van der Waals surface area contributed by atoms with Crippen LogP contribution < -0.4 is 24.1 Å². The summed E-state index contributed by atoms with van der Waals surface area (Å²) in [7, 11) is 4.92. The van der Waals surface area contributed by atoms with Crippen molar-refractivity contribution in [1.29, 1.82) is 0 Å². The molecule has 1 amide bonds. The van der Waals surface area contributed by atoms with Crippen molar-refractivity contribution in [2.45, 2.75) is 26.3 Å². The van der Waals surface area contributed by atoms with E-state index < -0.39 is 0 Å². The summed E-state index contributed by atoms with van der Waals surface area (Å²) in [6.07, 6.45) is 3.39. The number of anilines is 1. The van der Waals surface area contributed by atoms with Gasteiger partial charge in [-0.3, -0.25) is 4.79 Å². The lowest BCUT2D eigenvalue weighted by Gasteiger charge is -2.19. The molecule has 1 aliphatic heterocycles. The zero-order valence-electron chi connectivity index (χ0n) is 17.2. The maximum absolute atomic E-state index is 12.1. The molecular formula is C23H25N2O4+. The summed E-state index contributed by atoms with van der Waals surface area (Å²) in [4.78, 5) is 12.1. The molecule has 0 aliphatic carbocycles. The SMILES string of the molecule is CCC(=O)Nc1c(OC)ccc2cc3[n+](cc12)CCc1cc(OC)c(OC)cc1-3. The molecule has 4 rings (SSSR count). The molecule has 0 saturated heterocycles. The van der Waals surface area contributed by atoms with E-state index in [2.05, 4.69) is 28.2 Å². The molecule has 29 heavy (non-hydrogen) atoms. The van der Waals surface area contributed by atoms with Crippen LogP contribution in [0.2, 0.25) is 0 Å². The standard InChI is InChI=1S/C23H24N2O4/c1-5-22(26)24-23-17-13-25-9-8-15-11-20(28-3)21(29-4)12-16(15)18(25)10-14(17)6-7-19(23)27-2/h6-7,10-13H,5,8-9H2,1-4H3/p+1. The van der Waals surface area contributed by atoms with Gasteiger partial charge in [-0.1, -0.05) is 13.0 Å². The minimum absolute atomic E-state index is 0.0410. The van der Waals surface area contributed by atoms with E-state index in [1.165, 1.54) is 5.56 Å². The van der Waals surface area contributed by atoms with Crippen LogP contribution in [0.1, 0.15) is 18.9 Å². The van der Waals surface area contributed by atoms with Crippen molar-refractivity contribution in [2.75, 3.05) is 26.6 Å². The Bertz CT molecular complexity index is 1110. The van der Waals surface area contributed by atoms with E-state index in [4.69, 9.17) is 14.2 Å². The van der Waals surface area contributed by atoms with Gasteiger partial charge in [0.05, 0.1) is 38.0 Å². The highest BCUT2D eigenvalue weighted by Gasteiger charge is 2.27. The Kier molecular flexibility index (Phi) is 5.01. The molecule has 0 fully saturated rings. The fraction of sp³-hybridized carbons (Fsp3) is 0.304. The van der Waals surface area contributed by atoms with Crippen LogP contribution in [-0.4, -0.2) is 27.2 Å². The number of aromatic nitrogens is 1. The number of pyridine rings is 1. The molecule has 1 N–H and O–H groups in total. The van der Waals surface area contributed by atoms with E-state index in [1.54, 1.807) is 21.3 Å². The van der Waals surface area contributed by atoms with Crippen LogP contribution in [-0.2, 0) is 17.8 Å². The summed E-state index contributed by atoms with van der Waals surface area (Å²) in [6.45, 7) is 2.67. The number of carbonyl (C=O) groups is 1. The summed E-state index contributed by atoms with van der Waals surface area (Å²) in [5.74, 6) is 2.07. The number of carbonyl (C=O) groups excluding carboxylic acids is 1. The molecule has 0 unspecified atom stereocenters. The van der Waals surface area contributed by atoms with Crippen LogP contribution in [0.15, 0.2) is 36.5 Å². The molecule has 2 aromatic carbocycles. The topological polar surface area (TPSA) is 60.7 Å². The Balaban J connectivity index is 1.92. The number of nitrogens with one attached hydrogen (secondary N) is 1. The summed E-state index contributed by atoms with van der Waals surface area (Å²) in [5.41, 5.74) is 4.18. The second kappa shape index (κ2) is 7.62. The number of nitrogens with zero attached hydrogens (tertiary/aromatic N) is 1. The van der Waals surface area contributed by atoms with Crippen molar-refractivity contribution in [1.82, 2.24) is 0 Å². The highest BCUT2D eigenvalue weighted by molar-refractivity contribution is 6.04. The van der Waals surface area contributed by atoms with Gasteiger partial charge < -0.3 is 19.5 Å². The predicted molar refractivity (Wildman–Crippen MR) is 112 cm³/mol. The number of hydrogen-bond donors (Lipinski definition) is 1. The van der Waals surface area contributed by atoms with E-state index >= 15 is 0 Å². The first-order chi connectivity index (χ1) is 14.1. The Morgan fingerprint density at radius 2 is 1.76 bits per heavy atom. The van der Waals surface area contributed by atoms with E-state index in [0.29, 0.717) is 23.6 Å². The Hall–Kier alpha value is -3.28. The molecule has 6 nitrogen and oxygen atoms in total. The molecule has 6 heteroatoms. The zero-order chi connectivity index (χ0) is 20.5. The number of amides is 1. The second-order valence-electron chi connectivity index (χ2n) is 7.01. The zero-order valence-corrected chi connectivity index (χ0v) is 17.2. The van der Waals surface area contributed by atoms with Gasteiger partial charge in [-0.25, -0.2) is 0 Å². The Labute approximate surface area is 170 Å². The normalized spacial score (nSPS) is 12.1. The monoisotopic (exact) mass is 393 g/mol. The third-order valence-corrected chi connectivity index (χ3v) is 5.44. The predicted octanol–water partition coefficient (Wildman–Crippen LogP) is 3.72. The molecule has 0 bridgehead atoms. The number of benzene rings is 2. The van der Waals surface area contributed by atoms with Crippen LogP contribution in [0, 0.1) is 0 Å². The number of methoxy groups -OCH3 is 3. The van der Waals surface area contributed by atoms with Gasteiger partial charge in [0.1, 0.15) is 5.75 Å². The number of hydrogen-bond acceptors (Lipinski definition) is 4. The summed E-state index contributed by atoms with van der Waals surface area (Å²) in [5, 5.41) is 4.99. The minimum Gasteiger partial charge on any atom is -0.495 e. The molecule has 0 radical (unpaired) electrons. The van der Waals surface area contributed by atoms with Crippen LogP contribution in [0.4, 0.5) is 5.69 Å². The molecule has 0 atom stereocenters. The highest BCUT2D eigenvalue weighted by Crippen LogP contribution is 2.39. The van der Waals surface area contributed by atoms with Crippen LogP contribution >= 0.6 is 0 Å². The van der Waals surface area contributed by atoms with Crippen LogP contribution in [0.25, 0.3) is 22.0 Å². The molecular weight excluding hydrogens is 368 g/mol. The highest BCUT2D eigenvalue weighted by atomic mass is 16.5. The fourth-order valence-corrected chi connectivity index (χ4v) is 3.89. The molecule has 1 aliphatic rings. The van der Waals surface area contributed by atoms with Crippen LogP contribution in [0.5, 0.6) is 17.2 Å². The van der Waals surface area contributed by atoms with Crippen LogP contribution in [0.3, 0.4) is 0 Å². The van der Waals surface area contributed by atoms with Gasteiger partial charge in [-0.15, -0.1) is 0 Å². The van der Waals surface area contributed by atoms with Crippen molar-refractivity contribution in [3.05, 3.63) is 42.1 Å². The van der Waals surface area contributed by atoms with Gasteiger partial charge in [-0.2, -0.15) is 4.57 Å². The Morgan fingerprint density at radius 1 is 1.03 bits per heavy atom. The molecule has 2 heterocycles. The maximum atomic E-state index is 12.1. The van der Waals surface area contributed by atoms with Crippen molar-refractivity contribution in [3.8, 4) is 28.5 Å². The van der Waals surface area contributed by atoms with Crippen molar-refractivity contribution < 1.29 is 23.6 Å². The molecule has 0 spiro atoms. The minimum atomic E-state index is -0.0410. The molecule has 3 aromatic rings. The van der Waals surface area contributed by atoms with E-state index in [1.807, 2.05) is 25.1 Å². The first-order valence-corrected chi connectivity index (χ1v) is 9.68. The molecule has 150 valence electrons. The quantitative estimate of drug-likeness (QED) is 0.671. The summed E-state index contributed by atoms with van der Waals surface area (Å²) in [6, 6.07) is 10.2. The lowest BCUT2D eigenvalue weighted by molar-refractivity contribution is -0.686. The number of fused-ring (bicyclic) bond motifs is 4. The van der Waals surface area contributed by atoms with Crippen molar-refractivity contribution in [2.24, 2.45) is 0 Å². The van der Waals surface area contributed by atoms with Gasteiger partial charge in [0, 0.05) is 18.9 Å². The Morgan fingerprint density at radius 3 is 2.45 bits per heavy atom. The average molecular weight is 393 g/mol. The third-order valence-electron chi connectivity index (χ3n) is 5.44. The number of aryl methyl sites for hydroxylation is 2. The van der Waals surface area contributed by atoms with E-state index in [9.17, 15) is 4.79 Å². The summed E-state index contributed by atoms with van der Waals surface area (Å²) >= 11 is 0. The summed E-state index contributed by atoms with van der Waals surface area (Å²) < 4.78 is 18.7. The number of rotatable bonds is 5. The van der Waals surface area contributed by atoms with Crippen molar-refractivity contribution in [3.63, 3.8) is 0 Å². The van der Waals surface area contributed by atoms with Gasteiger partial charge in [-0.05, 0) is 29.1 Å². The fourth-order valence-electron chi connectivity index (χ4n) is 3.89. The largest absolute Gasteiger partial charge is 0.495 e. The lowest BCUT2D eigenvalue weighted by Crippen LogP contribution is -2.40. The first kappa shape index (κ1) is 19.1. The second-order valence-corrected chi connectivity index (χ2v) is 7.01. The van der Waals surface area contributed by atoms with Gasteiger partial charge >= 0.3 is 0 Å². The maximum Gasteiger partial charge on any atom is 0.224 e. The average Bonchev–Trinajstić information content (AvgIpc) is 2.76. The smallest absolute Gasteiger partial charge is 0.224 e. The molecule has 1 aromatic heterocycles. The first-order valence-electron chi connectivity index (χ1n) is 9.68. The number of ether oxygens (including phenoxy) is 3. The lowest BCUT2D eigenvalue weighted by atomic mass is 9.95. The third kappa shape index (κ3) is 3.24. The molecule has 0 saturated carbocycles. The van der Waals surface area contributed by atoms with E-state index in [0.717, 1.165) is 40.7 Å². The van der Waals surface area contributed by atoms with Gasteiger partial charge in [0.2, 0.25) is 11.6 Å². The van der Waals surface area contributed by atoms with E-state index in [-0.39, 0.29) is 5.91 Å². The van der Waals surface area contributed by atoms with Gasteiger partial charge in [0.25, 0.3) is 0 Å². The van der Waals surface area contributed by atoms with Gasteiger partial charge in [0.15, 0.2) is 24.2 Å². The van der Waals surface area contributed by atoms with Crippen molar-refractivity contribution >= 4 is 22.4 Å².